The Morgan fingerprint density at radius 1 is 0.112 bits per heavy atom. The monoisotopic (exact) mass is 1820 g/mol. The summed E-state index contributed by atoms with van der Waals surface area (Å²) < 4.78 is 33.9. The number of para-hydroxylation sites is 8. The molecular weight excluding hydrogens is 1740 g/mol. The van der Waals surface area contributed by atoms with E-state index in [0.29, 0.717) is 0 Å². The molecule has 143 heavy (non-hydrogen) atoms. The van der Waals surface area contributed by atoms with Crippen molar-refractivity contribution in [3.63, 3.8) is 0 Å². The maximum atomic E-state index is 6.46. The molecule has 9 nitrogen and oxygen atoms in total. The van der Waals surface area contributed by atoms with Crippen LogP contribution in [0.5, 0.6) is 0 Å². The Kier molecular flexibility index (Phi) is 17.7. The topological polar surface area (TPSA) is 69.0 Å². The number of nitrogens with zero attached hydrogens (tertiary/aromatic N) is 6. The number of hydrogen-bond donors (Lipinski definition) is 0. The fourth-order valence-electron chi connectivity index (χ4n) is 23.5. The molecule has 0 fully saturated rings. The van der Waals surface area contributed by atoms with Crippen LogP contribution in [-0.4, -0.2) is 27.4 Å². The van der Waals surface area contributed by atoms with Gasteiger partial charge in [0.05, 0.1) is 71.9 Å². The molecule has 0 spiro atoms. The Labute approximate surface area is 818 Å². The number of benzene rings is 23. The van der Waals surface area contributed by atoms with Crippen molar-refractivity contribution in [2.24, 2.45) is 0 Å². The molecule has 9 aromatic heterocycles. The van der Waals surface area contributed by atoms with Crippen LogP contribution in [0.15, 0.2) is 511 Å². The summed E-state index contributed by atoms with van der Waals surface area (Å²) in [7, 11) is 0. The molecule has 32 aromatic rings. The highest BCUT2D eigenvalue weighted by Crippen LogP contribution is 2.50. The van der Waals surface area contributed by atoms with Crippen molar-refractivity contribution in [3.8, 4) is 67.5 Å². The fraction of sp³-hybridized carbons (Fsp3) is 0. The van der Waals surface area contributed by atoms with Crippen molar-refractivity contribution in [1.29, 1.82) is 0 Å². The maximum absolute atomic E-state index is 6.46. The Hall–Kier alpha value is -19.2. The van der Waals surface area contributed by atoms with Crippen LogP contribution in [-0.2, 0) is 0 Å². The molecule has 9 heterocycles. The second kappa shape index (κ2) is 31.7. The third-order valence-electron chi connectivity index (χ3n) is 29.8. The van der Waals surface area contributed by atoms with Crippen molar-refractivity contribution in [2.75, 3.05) is 0 Å². The molecule has 0 aliphatic rings. The maximum Gasteiger partial charge on any atom is 0.136 e. The zero-order chi connectivity index (χ0) is 93.6. The van der Waals surface area contributed by atoms with Crippen molar-refractivity contribution in [1.82, 2.24) is 27.4 Å². The lowest BCUT2D eigenvalue weighted by molar-refractivity contribution is 0.669. The zero-order valence-corrected chi connectivity index (χ0v) is 77.3. The van der Waals surface area contributed by atoms with E-state index >= 15 is 0 Å². The lowest BCUT2D eigenvalue weighted by Crippen LogP contribution is -1.97. The van der Waals surface area contributed by atoms with Crippen LogP contribution in [0.3, 0.4) is 0 Å². The third-order valence-corrected chi connectivity index (χ3v) is 29.8. The molecule has 0 radical (unpaired) electrons. The molecule has 0 saturated carbocycles. The second-order valence-electron chi connectivity index (χ2n) is 37.7. The smallest absolute Gasteiger partial charge is 0.136 e. The van der Waals surface area contributed by atoms with Gasteiger partial charge in [-0.3, -0.25) is 0 Å². The molecule has 0 amide bonds. The van der Waals surface area contributed by atoms with Crippen LogP contribution in [0.4, 0.5) is 0 Å². The van der Waals surface area contributed by atoms with Crippen LogP contribution in [0.25, 0.3) is 286 Å². The van der Waals surface area contributed by atoms with E-state index in [0.717, 1.165) is 111 Å². The van der Waals surface area contributed by atoms with Gasteiger partial charge >= 0.3 is 0 Å². The summed E-state index contributed by atoms with van der Waals surface area (Å²) in [6.07, 6.45) is 0. The van der Waals surface area contributed by atoms with E-state index in [-0.39, 0.29) is 0 Å². The molecule has 0 atom stereocenters. The molecule has 0 saturated heterocycles. The van der Waals surface area contributed by atoms with E-state index in [1.165, 1.54) is 175 Å². The van der Waals surface area contributed by atoms with Gasteiger partial charge < -0.3 is 40.7 Å². The minimum absolute atomic E-state index is 0.904. The predicted molar refractivity (Wildman–Crippen MR) is 599 cm³/mol. The van der Waals surface area contributed by atoms with Crippen molar-refractivity contribution in [3.05, 3.63) is 497 Å². The van der Waals surface area contributed by atoms with Gasteiger partial charge in [0, 0.05) is 131 Å². The molecule has 32 rings (SSSR count). The minimum Gasteiger partial charge on any atom is -0.456 e. The average Bonchev–Trinajstić information content (AvgIpc) is 1.53. The largest absolute Gasteiger partial charge is 0.456 e. The Bertz CT molecular complexity index is 10900. The van der Waals surface area contributed by atoms with E-state index in [1.807, 2.05) is 18.2 Å². The van der Waals surface area contributed by atoms with Gasteiger partial charge in [0.2, 0.25) is 0 Å². The minimum atomic E-state index is 0.904. The molecular formula is C134H82N6O3. The van der Waals surface area contributed by atoms with Gasteiger partial charge in [-0.25, -0.2) is 0 Å². The Morgan fingerprint density at radius 2 is 0.357 bits per heavy atom. The lowest BCUT2D eigenvalue weighted by Gasteiger charge is -2.14. The lowest BCUT2D eigenvalue weighted by atomic mass is 10.00. The summed E-state index contributed by atoms with van der Waals surface area (Å²) in [4.78, 5) is 0. The van der Waals surface area contributed by atoms with Gasteiger partial charge in [0.15, 0.2) is 0 Å². The summed E-state index contributed by atoms with van der Waals surface area (Å²) in [6.45, 7) is 0. The predicted octanol–water partition coefficient (Wildman–Crippen LogP) is 36.6. The average molecular weight is 1820 g/mol. The Morgan fingerprint density at radius 3 is 0.734 bits per heavy atom. The van der Waals surface area contributed by atoms with E-state index in [9.17, 15) is 0 Å². The van der Waals surface area contributed by atoms with Crippen LogP contribution in [0.1, 0.15) is 0 Å². The van der Waals surface area contributed by atoms with E-state index in [2.05, 4.69) is 507 Å². The third kappa shape index (κ3) is 12.5. The summed E-state index contributed by atoms with van der Waals surface area (Å²) >= 11 is 0. The van der Waals surface area contributed by atoms with Crippen LogP contribution < -0.4 is 0 Å². The van der Waals surface area contributed by atoms with Gasteiger partial charge in [0.25, 0.3) is 0 Å². The quantitative estimate of drug-likeness (QED) is 0.135. The first-order valence-electron chi connectivity index (χ1n) is 48.9. The van der Waals surface area contributed by atoms with E-state index in [4.69, 9.17) is 13.3 Å². The van der Waals surface area contributed by atoms with Crippen molar-refractivity contribution < 1.29 is 13.3 Å². The normalized spacial score (nSPS) is 12.1. The summed E-state index contributed by atoms with van der Waals surface area (Å²) in [5, 5.41) is 26.4. The number of fused-ring (bicyclic) bond motifs is 30. The molecule has 0 unspecified atom stereocenters. The van der Waals surface area contributed by atoms with Crippen molar-refractivity contribution in [2.45, 2.75) is 0 Å². The van der Waals surface area contributed by atoms with Gasteiger partial charge in [0.1, 0.15) is 33.5 Å². The van der Waals surface area contributed by atoms with Crippen molar-refractivity contribution >= 4 is 218 Å². The number of rotatable bonds is 9. The zero-order valence-electron chi connectivity index (χ0n) is 77.3. The summed E-state index contributed by atoms with van der Waals surface area (Å²) in [6, 6.07) is 179. The van der Waals surface area contributed by atoms with E-state index < -0.39 is 0 Å². The van der Waals surface area contributed by atoms with Crippen LogP contribution in [0, 0.1) is 0 Å². The molecule has 0 aliphatic carbocycles. The van der Waals surface area contributed by atoms with Gasteiger partial charge in [-0.15, -0.1) is 0 Å². The number of furan rings is 3. The Balaban J connectivity index is 0.000000100. The van der Waals surface area contributed by atoms with Gasteiger partial charge in [-0.1, -0.05) is 322 Å². The summed E-state index contributed by atoms with van der Waals surface area (Å²) in [5.41, 5.74) is 33.6. The first-order valence-corrected chi connectivity index (χ1v) is 48.9. The fourth-order valence-corrected chi connectivity index (χ4v) is 23.5. The molecule has 0 aliphatic heterocycles. The molecule has 23 aromatic carbocycles. The highest BCUT2D eigenvalue weighted by molar-refractivity contribution is 6.27. The molecule has 0 N–H and O–H groups in total. The molecule has 0 bridgehead atoms. The van der Waals surface area contributed by atoms with Gasteiger partial charge in [-0.2, -0.15) is 0 Å². The highest BCUT2D eigenvalue weighted by Gasteiger charge is 2.28. The second-order valence-corrected chi connectivity index (χ2v) is 37.7. The number of aromatic nitrogens is 6. The number of hydrogen-bond acceptors (Lipinski definition) is 3. The first kappa shape index (κ1) is 79.9. The van der Waals surface area contributed by atoms with Crippen LogP contribution in [0.2, 0.25) is 0 Å². The highest BCUT2D eigenvalue weighted by atomic mass is 16.3. The molecule has 9 heteroatoms. The van der Waals surface area contributed by atoms with Gasteiger partial charge in [-0.05, 0) is 225 Å². The van der Waals surface area contributed by atoms with Crippen LogP contribution >= 0.6 is 0 Å². The first-order chi connectivity index (χ1) is 70.9. The molecule has 666 valence electrons. The summed E-state index contributed by atoms with van der Waals surface area (Å²) in [5.74, 6) is 0. The van der Waals surface area contributed by atoms with E-state index in [1.54, 1.807) is 0 Å². The standard InChI is InChI=1S/C48H30N2O.C44H26N2O.C42H26N2O/c1-3-13-31(14-4-1)33-17-11-19-35(25-33)49-43-23-9-7-21-37(43)39-27-40-41-29-48-42(38-22-8-10-24-47(38)51-48)28-44(41)50(46(40)30-45(39)49)36-20-12-18-34(26-36)32-15-5-2-6-16-32;1-2-13-28(14-3-1)45-40-24-37-33-19-9-11-21-43(33)47-44(37)25-36(40)35-23-34-32-18-8-10-20-38(32)46(42(34)26-41(35)45)39-22-27-12-4-5-15-29(27)30-16-6-7-17-31(30)39;1-3-12-27(13-4-1)28-14-11-17-30(22-28)44-38-24-36-32-19-8-10-21-41(32)45-42(36)25-35(38)34-23-33-31-18-7-9-20-37(31)43(39(33)26-40(34)44)29-15-5-2-6-16-29/h1-30H;1-26H;1-26H. The SMILES string of the molecule is c1ccc(-c2cccc(-n3c4cc5c(cc4c4cc6c7ccccc7n(-c7ccccc7)c6cc43)oc3ccccc35)c2)cc1.c1ccc(-c2cccc(-n3c4ccccc4c4cc5c6cc7oc8ccccc8c7cc6n(-c6cccc(-c7ccccc7)c6)c5cc43)c2)cc1.c1ccc(-n2c3cc4c(cc3c3cc5c6ccccc6n(-c6cc7ccccc7c7ccccc67)c5cc32)oc2ccccc24)cc1.